The topological polar surface area (TPSA) is 61.4 Å². The first-order chi connectivity index (χ1) is 8.70. The Morgan fingerprint density at radius 3 is 2.78 bits per heavy atom. The SMILES string of the molecule is C#CCNC(=O)CN1CCC[C@H]1C(=O)NC1CC1. The van der Waals surface area contributed by atoms with Gasteiger partial charge >= 0.3 is 0 Å². The average Bonchev–Trinajstić information content (AvgIpc) is 3.03. The highest BCUT2D eigenvalue weighted by Gasteiger charge is 2.34. The summed E-state index contributed by atoms with van der Waals surface area (Å²) in [6, 6.07) is 0.220. The molecule has 2 rings (SSSR count). The molecule has 0 aromatic rings. The normalized spacial score (nSPS) is 23.4. The summed E-state index contributed by atoms with van der Waals surface area (Å²) < 4.78 is 0. The zero-order valence-corrected chi connectivity index (χ0v) is 10.4. The second-order valence-corrected chi connectivity index (χ2v) is 4.89. The van der Waals surface area contributed by atoms with Crippen molar-refractivity contribution in [1.29, 1.82) is 0 Å². The number of terminal acetylenes is 1. The maximum absolute atomic E-state index is 12.0. The summed E-state index contributed by atoms with van der Waals surface area (Å²) in [6.07, 6.45) is 9.05. The van der Waals surface area contributed by atoms with Crippen LogP contribution in [0.2, 0.25) is 0 Å². The van der Waals surface area contributed by atoms with E-state index in [1.165, 1.54) is 0 Å². The number of hydrogen-bond acceptors (Lipinski definition) is 3. The van der Waals surface area contributed by atoms with Gasteiger partial charge in [-0.2, -0.15) is 0 Å². The van der Waals surface area contributed by atoms with Crippen LogP contribution in [-0.2, 0) is 9.59 Å². The van der Waals surface area contributed by atoms with Crippen LogP contribution in [0.3, 0.4) is 0 Å². The van der Waals surface area contributed by atoms with Gasteiger partial charge in [0.2, 0.25) is 11.8 Å². The number of hydrogen-bond donors (Lipinski definition) is 2. The molecular weight excluding hydrogens is 230 g/mol. The van der Waals surface area contributed by atoms with Crippen LogP contribution < -0.4 is 10.6 Å². The van der Waals surface area contributed by atoms with Crippen LogP contribution in [0.4, 0.5) is 0 Å². The maximum atomic E-state index is 12.0. The van der Waals surface area contributed by atoms with Gasteiger partial charge in [0.25, 0.3) is 0 Å². The molecule has 0 spiro atoms. The Morgan fingerprint density at radius 1 is 1.33 bits per heavy atom. The van der Waals surface area contributed by atoms with Crippen molar-refractivity contribution in [3.63, 3.8) is 0 Å². The van der Waals surface area contributed by atoms with E-state index in [-0.39, 0.29) is 30.9 Å². The van der Waals surface area contributed by atoms with E-state index in [0.29, 0.717) is 6.04 Å². The standard InChI is InChI=1S/C13H19N3O2/c1-2-7-14-12(17)9-16-8-3-4-11(16)13(18)15-10-5-6-10/h1,10-11H,3-9H2,(H,14,17)(H,15,18)/t11-/m0/s1. The summed E-state index contributed by atoms with van der Waals surface area (Å²) in [5, 5.41) is 5.62. The lowest BCUT2D eigenvalue weighted by Crippen LogP contribution is -2.47. The highest BCUT2D eigenvalue weighted by atomic mass is 16.2. The minimum atomic E-state index is -0.151. The minimum absolute atomic E-state index is 0.0692. The number of amides is 2. The van der Waals surface area contributed by atoms with Gasteiger partial charge in [0.15, 0.2) is 0 Å². The first kappa shape index (κ1) is 12.9. The van der Waals surface area contributed by atoms with Gasteiger partial charge in [-0.3, -0.25) is 14.5 Å². The lowest BCUT2D eigenvalue weighted by atomic mass is 10.2. The highest BCUT2D eigenvalue weighted by molar-refractivity contribution is 5.84. The Morgan fingerprint density at radius 2 is 2.11 bits per heavy atom. The van der Waals surface area contributed by atoms with Crippen LogP contribution in [0, 0.1) is 12.3 Å². The summed E-state index contributed by atoms with van der Waals surface area (Å²) >= 11 is 0. The van der Waals surface area contributed by atoms with Crippen LogP contribution in [0.5, 0.6) is 0 Å². The van der Waals surface area contributed by atoms with Crippen LogP contribution in [0.25, 0.3) is 0 Å². The molecule has 1 aliphatic heterocycles. The van der Waals surface area contributed by atoms with Gasteiger partial charge in [0.1, 0.15) is 0 Å². The molecule has 5 heteroatoms. The summed E-state index contributed by atoms with van der Waals surface area (Å²) in [4.78, 5) is 25.5. The molecule has 1 saturated heterocycles. The number of carbonyl (C=O) groups is 2. The summed E-state index contributed by atoms with van der Waals surface area (Å²) in [5.74, 6) is 2.32. The van der Waals surface area contributed by atoms with Crippen LogP contribution in [0.1, 0.15) is 25.7 Å². The zero-order valence-electron chi connectivity index (χ0n) is 10.4. The van der Waals surface area contributed by atoms with Crippen LogP contribution in [0.15, 0.2) is 0 Å². The van der Waals surface area contributed by atoms with E-state index in [4.69, 9.17) is 6.42 Å². The van der Waals surface area contributed by atoms with Gasteiger partial charge in [0, 0.05) is 6.04 Å². The Kier molecular flexibility index (Phi) is 4.21. The fourth-order valence-electron chi connectivity index (χ4n) is 2.23. The van der Waals surface area contributed by atoms with Gasteiger partial charge in [-0.25, -0.2) is 0 Å². The minimum Gasteiger partial charge on any atom is -0.352 e. The molecule has 1 heterocycles. The molecule has 0 radical (unpaired) electrons. The molecule has 2 N–H and O–H groups in total. The molecule has 98 valence electrons. The van der Waals surface area contributed by atoms with E-state index < -0.39 is 0 Å². The highest BCUT2D eigenvalue weighted by Crippen LogP contribution is 2.22. The fraction of sp³-hybridized carbons (Fsp3) is 0.692. The molecule has 0 aromatic carbocycles. The average molecular weight is 249 g/mol. The molecule has 1 aliphatic carbocycles. The molecular formula is C13H19N3O2. The van der Waals surface area contributed by atoms with Crippen molar-refractivity contribution in [2.24, 2.45) is 0 Å². The molecule has 18 heavy (non-hydrogen) atoms. The number of rotatable bonds is 5. The molecule has 0 aromatic heterocycles. The van der Waals surface area contributed by atoms with E-state index in [0.717, 1.165) is 32.2 Å². The molecule has 5 nitrogen and oxygen atoms in total. The predicted octanol–water partition coefficient (Wildman–Crippen LogP) is -0.521. The van der Waals surface area contributed by atoms with Gasteiger partial charge in [0.05, 0.1) is 19.1 Å². The number of nitrogens with zero attached hydrogens (tertiary/aromatic N) is 1. The Labute approximate surface area is 107 Å². The second kappa shape index (κ2) is 5.87. The van der Waals surface area contributed by atoms with Gasteiger partial charge in [-0.15, -0.1) is 6.42 Å². The van der Waals surface area contributed by atoms with E-state index in [2.05, 4.69) is 16.6 Å². The monoisotopic (exact) mass is 249 g/mol. The number of likely N-dealkylation sites (tertiary alicyclic amines) is 1. The van der Waals surface area contributed by atoms with E-state index >= 15 is 0 Å². The third kappa shape index (κ3) is 3.47. The maximum Gasteiger partial charge on any atom is 0.237 e. The van der Waals surface area contributed by atoms with Crippen molar-refractivity contribution in [2.75, 3.05) is 19.6 Å². The van der Waals surface area contributed by atoms with Crippen molar-refractivity contribution in [1.82, 2.24) is 15.5 Å². The molecule has 1 saturated carbocycles. The molecule has 2 aliphatic rings. The van der Waals surface area contributed by atoms with E-state index in [1.807, 2.05) is 4.90 Å². The van der Waals surface area contributed by atoms with Crippen molar-refractivity contribution >= 4 is 11.8 Å². The van der Waals surface area contributed by atoms with Crippen LogP contribution in [-0.4, -0.2) is 48.4 Å². The molecule has 0 bridgehead atoms. The summed E-state index contributed by atoms with van der Waals surface area (Å²) in [7, 11) is 0. The first-order valence-electron chi connectivity index (χ1n) is 6.45. The Hall–Kier alpha value is -1.54. The largest absolute Gasteiger partial charge is 0.352 e. The van der Waals surface area contributed by atoms with Gasteiger partial charge < -0.3 is 10.6 Å². The van der Waals surface area contributed by atoms with E-state index in [9.17, 15) is 9.59 Å². The smallest absolute Gasteiger partial charge is 0.237 e. The quantitative estimate of drug-likeness (QED) is 0.644. The lowest BCUT2D eigenvalue weighted by molar-refractivity contribution is -0.127. The second-order valence-electron chi connectivity index (χ2n) is 4.89. The van der Waals surface area contributed by atoms with Gasteiger partial charge in [-0.1, -0.05) is 5.92 Å². The fourth-order valence-corrected chi connectivity index (χ4v) is 2.23. The number of carbonyl (C=O) groups excluding carboxylic acids is 2. The van der Waals surface area contributed by atoms with Crippen LogP contribution >= 0.6 is 0 Å². The zero-order chi connectivity index (χ0) is 13.0. The van der Waals surface area contributed by atoms with Crippen molar-refractivity contribution in [2.45, 2.75) is 37.8 Å². The Bertz CT molecular complexity index is 371. The summed E-state index contributed by atoms with van der Waals surface area (Å²) in [5.41, 5.74) is 0. The number of nitrogens with one attached hydrogen (secondary N) is 2. The van der Waals surface area contributed by atoms with Crippen molar-refractivity contribution in [3.05, 3.63) is 0 Å². The molecule has 2 fully saturated rings. The first-order valence-corrected chi connectivity index (χ1v) is 6.45. The van der Waals surface area contributed by atoms with Gasteiger partial charge in [-0.05, 0) is 32.2 Å². The molecule has 1 atom stereocenters. The molecule has 2 amide bonds. The van der Waals surface area contributed by atoms with Crippen molar-refractivity contribution < 1.29 is 9.59 Å². The lowest BCUT2D eigenvalue weighted by Gasteiger charge is -2.22. The third-order valence-corrected chi connectivity index (χ3v) is 3.32. The predicted molar refractivity (Wildman–Crippen MR) is 67.6 cm³/mol. The van der Waals surface area contributed by atoms with Crippen molar-refractivity contribution in [3.8, 4) is 12.3 Å². The summed E-state index contributed by atoms with van der Waals surface area (Å²) in [6.45, 7) is 1.29. The van der Waals surface area contributed by atoms with E-state index in [1.54, 1.807) is 0 Å². The third-order valence-electron chi connectivity index (χ3n) is 3.32. The molecule has 0 unspecified atom stereocenters. The Balaban J connectivity index is 1.80.